The fourth-order valence-corrected chi connectivity index (χ4v) is 11.7. The van der Waals surface area contributed by atoms with E-state index in [4.69, 9.17) is 4.98 Å². The van der Waals surface area contributed by atoms with Gasteiger partial charge in [0.1, 0.15) is 0 Å². The van der Waals surface area contributed by atoms with E-state index < -0.39 is 0 Å². The minimum absolute atomic E-state index is 0.0177. The van der Waals surface area contributed by atoms with Gasteiger partial charge in [-0.15, -0.1) is 0 Å². The van der Waals surface area contributed by atoms with E-state index in [-0.39, 0.29) is 59.4 Å². The molecule has 9 heteroatoms. The highest BCUT2D eigenvalue weighted by atomic mass is 16.2. The number of amides is 4. The highest BCUT2D eigenvalue weighted by molar-refractivity contribution is 6.42. The Morgan fingerprint density at radius 2 is 0.857 bits per heavy atom. The molecule has 0 saturated heterocycles. The predicted molar refractivity (Wildman–Crippen MR) is 278 cm³/mol. The van der Waals surface area contributed by atoms with Crippen LogP contribution in [0.1, 0.15) is 108 Å². The predicted octanol–water partition coefficient (Wildman–Crippen LogP) is 12.9. The van der Waals surface area contributed by atoms with Crippen molar-refractivity contribution in [2.24, 2.45) is 23.7 Å². The van der Waals surface area contributed by atoms with Crippen molar-refractivity contribution in [3.8, 4) is 45.7 Å². The fraction of sp³-hybridized carbons (Fsp3) is 0.230. The van der Waals surface area contributed by atoms with E-state index in [0.29, 0.717) is 38.6 Å². The summed E-state index contributed by atoms with van der Waals surface area (Å²) in [7, 11) is 0. The molecule has 70 heavy (non-hydrogen) atoms. The molecule has 0 bridgehead atoms. The zero-order valence-electron chi connectivity index (χ0n) is 40.5. The molecule has 0 saturated carbocycles. The van der Waals surface area contributed by atoms with Crippen molar-refractivity contribution in [1.82, 2.24) is 24.8 Å². The topological polar surface area (TPSA) is 113 Å². The minimum Gasteiger partial charge on any atom is -0.271 e. The van der Waals surface area contributed by atoms with E-state index in [1.54, 1.807) is 12.4 Å². The van der Waals surface area contributed by atoms with Crippen LogP contribution in [0, 0.1) is 35.5 Å². The van der Waals surface area contributed by atoms with E-state index in [2.05, 4.69) is 21.8 Å². The van der Waals surface area contributed by atoms with Crippen LogP contribution >= 0.6 is 0 Å². The quantitative estimate of drug-likeness (QED) is 0.0613. The summed E-state index contributed by atoms with van der Waals surface area (Å²) in [6, 6.07) is 36.3. The summed E-state index contributed by atoms with van der Waals surface area (Å²) in [5.41, 5.74) is 8.06. The molecule has 11 rings (SSSR count). The molecule has 2 aliphatic rings. The second-order valence-corrected chi connectivity index (χ2v) is 20.1. The first kappa shape index (κ1) is 44.4. The molecule has 2 aliphatic heterocycles. The summed E-state index contributed by atoms with van der Waals surface area (Å²) >= 11 is 0. The van der Waals surface area contributed by atoms with Crippen LogP contribution in [-0.4, -0.2) is 60.5 Å². The third-order valence-corrected chi connectivity index (χ3v) is 14.4. The van der Waals surface area contributed by atoms with E-state index in [1.807, 2.05) is 171 Å². The van der Waals surface area contributed by atoms with E-state index >= 15 is 4.79 Å². The lowest BCUT2D eigenvalue weighted by Crippen LogP contribution is -2.51. The van der Waals surface area contributed by atoms with Crippen LogP contribution in [0.5, 0.6) is 0 Å². The van der Waals surface area contributed by atoms with Gasteiger partial charge in [0.05, 0.1) is 22.8 Å². The second kappa shape index (κ2) is 16.8. The van der Waals surface area contributed by atoms with Gasteiger partial charge in [-0.3, -0.25) is 38.9 Å². The Balaban J connectivity index is 1.11. The summed E-state index contributed by atoms with van der Waals surface area (Å²) in [5.74, 6) is 5.83. The van der Waals surface area contributed by atoms with Crippen molar-refractivity contribution in [2.75, 3.05) is 0 Å². The van der Waals surface area contributed by atoms with Gasteiger partial charge in [0, 0.05) is 79.4 Å². The lowest BCUT2D eigenvalue weighted by Gasteiger charge is -2.39. The smallest absolute Gasteiger partial charge is 0.261 e. The van der Waals surface area contributed by atoms with Crippen LogP contribution in [0.2, 0.25) is 0 Å². The highest BCUT2D eigenvalue weighted by Crippen LogP contribution is 2.48. The fourth-order valence-electron chi connectivity index (χ4n) is 11.7. The molecule has 0 radical (unpaired) electrons. The minimum atomic E-state index is -0.342. The average Bonchev–Trinajstić information content (AvgIpc) is 3.36. The monoisotopic (exact) mass is 917 g/mol. The Labute approximate surface area is 406 Å². The molecular weight excluding hydrogens is 867 g/mol. The number of pyridine rings is 3. The van der Waals surface area contributed by atoms with Gasteiger partial charge in [-0.25, -0.2) is 4.98 Å². The number of hydrogen-bond acceptors (Lipinski definition) is 7. The van der Waals surface area contributed by atoms with Crippen LogP contribution in [-0.2, 0) is 0 Å². The maximum absolute atomic E-state index is 15.0. The summed E-state index contributed by atoms with van der Waals surface area (Å²) in [5, 5.41) is 5.96. The number of nitrogens with zero attached hydrogens (tertiary/aromatic N) is 5. The first-order chi connectivity index (χ1) is 33.7. The van der Waals surface area contributed by atoms with Gasteiger partial charge in [-0.2, -0.15) is 0 Å². The number of carbonyl (C=O) groups is 4. The number of imide groups is 2. The summed E-state index contributed by atoms with van der Waals surface area (Å²) in [6.45, 7) is 16.4. The van der Waals surface area contributed by atoms with Crippen molar-refractivity contribution in [1.29, 1.82) is 0 Å². The van der Waals surface area contributed by atoms with Gasteiger partial charge in [0.15, 0.2) is 0 Å². The molecule has 0 unspecified atom stereocenters. The molecule has 3 aromatic heterocycles. The molecular formula is C61H51N5O4. The molecule has 0 N–H and O–H groups in total. The average molecular weight is 918 g/mol. The molecule has 0 aliphatic carbocycles. The number of aromatic nitrogens is 3. The van der Waals surface area contributed by atoms with E-state index in [1.165, 1.54) is 9.80 Å². The van der Waals surface area contributed by atoms with Crippen LogP contribution in [0.25, 0.3) is 77.0 Å². The van der Waals surface area contributed by atoms with Gasteiger partial charge < -0.3 is 0 Å². The molecule has 0 atom stereocenters. The Morgan fingerprint density at radius 3 is 1.33 bits per heavy atom. The largest absolute Gasteiger partial charge is 0.271 e. The number of hydrogen-bond donors (Lipinski definition) is 0. The molecule has 9 aromatic rings. The molecule has 9 nitrogen and oxygen atoms in total. The first-order valence-electron chi connectivity index (χ1n) is 24.2. The number of benzene rings is 6. The highest BCUT2D eigenvalue weighted by Gasteiger charge is 2.43. The van der Waals surface area contributed by atoms with E-state index in [0.717, 1.165) is 71.8 Å². The number of rotatable bonds is 9. The Bertz CT molecular complexity index is 3620. The second-order valence-electron chi connectivity index (χ2n) is 20.1. The maximum atomic E-state index is 15.0. The third-order valence-electron chi connectivity index (χ3n) is 14.4. The Morgan fingerprint density at radius 1 is 0.400 bits per heavy atom. The standard InChI is InChI=1S/C61H51N5O4/c1-32(2)56(33(3)4)65-58(67)43-24-21-40-41-22-25-45-54-46(61(70)66(60(45)69)57(34(5)6)35(7)8)29-38(51(55(41)54)42-23-26-44(59(65)68)53(43)52(40)42)20-17-36-15-18-37(19-16-36)39-30-49(47-13-9-11-27-62-47)64-50(31-39)48-14-10-12-28-63-48/h9-16,18-19,21-35,56-57H,1-8H3. The zero-order chi connectivity index (χ0) is 48.9. The molecule has 344 valence electrons. The summed E-state index contributed by atoms with van der Waals surface area (Å²) < 4.78 is 0. The Kier molecular flexibility index (Phi) is 10.7. The number of carbonyl (C=O) groups excluding carboxylic acids is 4. The zero-order valence-corrected chi connectivity index (χ0v) is 40.5. The molecule has 0 spiro atoms. The van der Waals surface area contributed by atoms with Crippen molar-refractivity contribution >= 4 is 66.7 Å². The third kappa shape index (κ3) is 6.87. The van der Waals surface area contributed by atoms with Crippen LogP contribution in [0.15, 0.2) is 128 Å². The van der Waals surface area contributed by atoms with Gasteiger partial charge in [-0.1, -0.05) is 110 Å². The SMILES string of the molecule is CC(C)C(C(C)C)N1C(=O)c2ccc3c4ccc5c6c(cc(C#Cc7ccc(-c8cc(-c9ccccn9)nc(-c9ccccn9)c8)cc7)c(c7ccc(c2c37)C1=O)c64)C(=O)N(C(C(C)C)C(C)C)C5=O. The first-order valence-corrected chi connectivity index (χ1v) is 24.2. The van der Waals surface area contributed by atoms with Gasteiger partial charge in [-0.05, 0) is 129 Å². The molecule has 0 fully saturated rings. The van der Waals surface area contributed by atoms with Crippen LogP contribution < -0.4 is 0 Å². The normalized spacial score (nSPS) is 13.9. The van der Waals surface area contributed by atoms with E-state index in [9.17, 15) is 14.4 Å². The van der Waals surface area contributed by atoms with Gasteiger partial charge >= 0.3 is 0 Å². The van der Waals surface area contributed by atoms with Crippen molar-refractivity contribution in [3.05, 3.63) is 161 Å². The molecule has 6 aromatic carbocycles. The van der Waals surface area contributed by atoms with Gasteiger partial charge in [0.2, 0.25) is 0 Å². The Hall–Kier alpha value is -8.09. The lowest BCUT2D eigenvalue weighted by molar-refractivity contribution is 0.0423. The number of fused-ring (bicyclic) bond motifs is 2. The lowest BCUT2D eigenvalue weighted by atomic mass is 9.79. The summed E-state index contributed by atoms with van der Waals surface area (Å²) in [4.78, 5) is 76.0. The van der Waals surface area contributed by atoms with Gasteiger partial charge in [0.25, 0.3) is 23.6 Å². The summed E-state index contributed by atoms with van der Waals surface area (Å²) in [6.07, 6.45) is 3.51. The van der Waals surface area contributed by atoms with Crippen molar-refractivity contribution in [3.63, 3.8) is 0 Å². The van der Waals surface area contributed by atoms with Crippen LogP contribution in [0.4, 0.5) is 0 Å². The molecule has 5 heterocycles. The maximum Gasteiger partial charge on any atom is 0.261 e. The van der Waals surface area contributed by atoms with Crippen molar-refractivity contribution < 1.29 is 19.2 Å². The molecule has 4 amide bonds. The van der Waals surface area contributed by atoms with Crippen LogP contribution in [0.3, 0.4) is 0 Å². The van der Waals surface area contributed by atoms with Crippen molar-refractivity contribution in [2.45, 2.75) is 67.5 Å².